The summed E-state index contributed by atoms with van der Waals surface area (Å²) >= 11 is 0. The highest BCUT2D eigenvalue weighted by Gasteiger charge is 2.45. The number of hydrogen-bond donors (Lipinski definition) is 1. The fourth-order valence-electron chi connectivity index (χ4n) is 3.90. The highest BCUT2D eigenvalue weighted by molar-refractivity contribution is 5.85. The molecular formula is C16H18FN3O. The maximum absolute atomic E-state index is 13.9. The van der Waals surface area contributed by atoms with E-state index >= 15 is 0 Å². The molecule has 0 unspecified atom stereocenters. The highest BCUT2D eigenvalue weighted by Crippen LogP contribution is 2.43. The Morgan fingerprint density at radius 2 is 2.14 bits per heavy atom. The molecule has 2 N–H and O–H groups in total. The van der Waals surface area contributed by atoms with Gasteiger partial charge in [0.1, 0.15) is 23.5 Å². The number of rotatable bonds is 2. The first-order chi connectivity index (χ1) is 10.1. The largest absolute Gasteiger partial charge is 0.368 e. The van der Waals surface area contributed by atoms with Crippen molar-refractivity contribution in [3.05, 3.63) is 29.6 Å². The van der Waals surface area contributed by atoms with Crippen molar-refractivity contribution in [3.63, 3.8) is 0 Å². The molecule has 5 heteroatoms. The number of carbonyl (C=O) groups excluding carboxylic acids is 1. The van der Waals surface area contributed by atoms with Gasteiger partial charge in [0.25, 0.3) is 0 Å². The summed E-state index contributed by atoms with van der Waals surface area (Å²) in [6.07, 6.45) is 5.01. The number of anilines is 1. The van der Waals surface area contributed by atoms with Gasteiger partial charge in [-0.2, -0.15) is 5.26 Å². The maximum atomic E-state index is 13.9. The van der Waals surface area contributed by atoms with Crippen molar-refractivity contribution in [2.75, 3.05) is 4.90 Å². The van der Waals surface area contributed by atoms with Gasteiger partial charge in [0.15, 0.2) is 0 Å². The molecule has 3 rings (SSSR count). The van der Waals surface area contributed by atoms with Gasteiger partial charge >= 0.3 is 0 Å². The van der Waals surface area contributed by atoms with E-state index in [9.17, 15) is 14.4 Å². The van der Waals surface area contributed by atoms with E-state index in [-0.39, 0.29) is 11.6 Å². The van der Waals surface area contributed by atoms with E-state index in [1.54, 1.807) is 12.1 Å². The van der Waals surface area contributed by atoms with Gasteiger partial charge in [-0.1, -0.05) is 18.9 Å². The third-order valence-electron chi connectivity index (χ3n) is 4.80. The molecule has 1 saturated carbocycles. The number of primary amides is 1. The van der Waals surface area contributed by atoms with E-state index in [0.717, 1.165) is 25.7 Å². The Hall–Kier alpha value is -2.09. The van der Waals surface area contributed by atoms with E-state index in [0.29, 0.717) is 18.0 Å². The van der Waals surface area contributed by atoms with Gasteiger partial charge in [-0.25, -0.2) is 4.39 Å². The number of nitrogens with two attached hydrogens (primary N) is 1. The molecule has 21 heavy (non-hydrogen) atoms. The molecular weight excluding hydrogens is 269 g/mol. The van der Waals surface area contributed by atoms with Gasteiger partial charge in [0.2, 0.25) is 5.91 Å². The van der Waals surface area contributed by atoms with Crippen LogP contribution in [0.5, 0.6) is 0 Å². The van der Waals surface area contributed by atoms with Crippen molar-refractivity contribution in [3.8, 4) is 6.07 Å². The van der Waals surface area contributed by atoms with Crippen LogP contribution in [0.15, 0.2) is 18.2 Å². The minimum atomic E-state index is -0.544. The van der Waals surface area contributed by atoms with E-state index in [1.165, 1.54) is 6.07 Å². The third kappa shape index (κ3) is 2.25. The van der Waals surface area contributed by atoms with Gasteiger partial charge in [0.05, 0.1) is 5.69 Å². The second-order valence-corrected chi connectivity index (χ2v) is 5.92. The van der Waals surface area contributed by atoms with Gasteiger partial charge in [-0.3, -0.25) is 4.79 Å². The lowest BCUT2D eigenvalue weighted by molar-refractivity contribution is -0.119. The van der Waals surface area contributed by atoms with Crippen LogP contribution in [0.3, 0.4) is 0 Å². The monoisotopic (exact) mass is 287 g/mol. The maximum Gasteiger partial charge on any atom is 0.240 e. The zero-order valence-electron chi connectivity index (χ0n) is 11.8. The fourth-order valence-corrected chi connectivity index (χ4v) is 3.90. The lowest BCUT2D eigenvalue weighted by Crippen LogP contribution is -2.45. The number of fused-ring (bicyclic) bond motifs is 1. The molecule has 3 atom stereocenters. The minimum Gasteiger partial charge on any atom is -0.368 e. The predicted molar refractivity (Wildman–Crippen MR) is 76.9 cm³/mol. The highest BCUT2D eigenvalue weighted by atomic mass is 19.1. The van der Waals surface area contributed by atoms with Crippen LogP contribution in [0.25, 0.3) is 0 Å². The summed E-state index contributed by atoms with van der Waals surface area (Å²) in [6.45, 7) is 0. The van der Waals surface area contributed by atoms with Gasteiger partial charge in [-0.05, 0) is 37.3 Å². The topological polar surface area (TPSA) is 70.1 Å². The molecule has 1 aliphatic carbocycles. The second-order valence-electron chi connectivity index (χ2n) is 5.92. The zero-order valence-corrected chi connectivity index (χ0v) is 11.8. The van der Waals surface area contributed by atoms with Gasteiger partial charge < -0.3 is 10.6 Å². The Morgan fingerprint density at radius 3 is 2.86 bits per heavy atom. The summed E-state index contributed by atoms with van der Waals surface area (Å²) < 4.78 is 13.9. The van der Waals surface area contributed by atoms with Crippen molar-refractivity contribution in [1.29, 1.82) is 5.26 Å². The Bertz CT molecular complexity index is 610. The predicted octanol–water partition coefficient (Wildman–Crippen LogP) is 2.32. The number of nitriles is 1. The summed E-state index contributed by atoms with van der Waals surface area (Å²) in [4.78, 5) is 13.7. The van der Waals surface area contributed by atoms with Crippen molar-refractivity contribution < 1.29 is 9.18 Å². The number of nitrogens with zero attached hydrogens (tertiary/aromatic N) is 2. The zero-order chi connectivity index (χ0) is 15.0. The lowest BCUT2D eigenvalue weighted by Gasteiger charge is -2.35. The Balaban J connectivity index is 2.07. The van der Waals surface area contributed by atoms with Crippen LogP contribution >= 0.6 is 0 Å². The molecule has 2 aliphatic rings. The average Bonchev–Trinajstić information content (AvgIpc) is 2.86. The SMILES string of the molecule is N#Cc1c(F)cccc1N1[C@H](C(N)=O)C[C@H]2CCCC[C@@H]21. The quantitative estimate of drug-likeness (QED) is 0.907. The van der Waals surface area contributed by atoms with Gasteiger partial charge in [-0.15, -0.1) is 0 Å². The summed E-state index contributed by atoms with van der Waals surface area (Å²) in [5.41, 5.74) is 6.07. The summed E-state index contributed by atoms with van der Waals surface area (Å²) in [5, 5.41) is 9.25. The molecule has 0 spiro atoms. The average molecular weight is 287 g/mol. The van der Waals surface area contributed by atoms with Crippen molar-refractivity contribution in [1.82, 2.24) is 0 Å². The number of hydrogen-bond acceptors (Lipinski definition) is 3. The number of carbonyl (C=O) groups is 1. The molecule has 1 saturated heterocycles. The summed E-state index contributed by atoms with van der Waals surface area (Å²) in [7, 11) is 0. The first kappa shape index (κ1) is 13.9. The Labute approximate surface area is 123 Å². The minimum absolute atomic E-state index is 0.00923. The van der Waals surface area contributed by atoms with Crippen LogP contribution in [-0.2, 0) is 4.79 Å². The van der Waals surface area contributed by atoms with E-state index in [2.05, 4.69) is 0 Å². The second kappa shape index (κ2) is 5.36. The first-order valence-electron chi connectivity index (χ1n) is 7.39. The third-order valence-corrected chi connectivity index (χ3v) is 4.80. The normalized spacial score (nSPS) is 28.0. The molecule has 1 amide bonds. The molecule has 1 heterocycles. The molecule has 110 valence electrons. The van der Waals surface area contributed by atoms with Crippen LogP contribution in [0, 0.1) is 23.1 Å². The number of halogens is 1. The number of amides is 1. The molecule has 1 aliphatic heterocycles. The van der Waals surface area contributed by atoms with E-state index in [4.69, 9.17) is 5.73 Å². The number of benzene rings is 1. The van der Waals surface area contributed by atoms with E-state index in [1.807, 2.05) is 11.0 Å². The van der Waals surface area contributed by atoms with Crippen LogP contribution in [0.1, 0.15) is 37.7 Å². The smallest absolute Gasteiger partial charge is 0.240 e. The Morgan fingerprint density at radius 1 is 1.38 bits per heavy atom. The van der Waals surface area contributed by atoms with Crippen LogP contribution in [0.2, 0.25) is 0 Å². The summed E-state index contributed by atoms with van der Waals surface area (Å²) in [5.74, 6) is -0.527. The van der Waals surface area contributed by atoms with Crippen LogP contribution in [-0.4, -0.2) is 18.0 Å². The van der Waals surface area contributed by atoms with Crippen molar-refractivity contribution in [2.24, 2.45) is 11.7 Å². The molecule has 0 bridgehead atoms. The van der Waals surface area contributed by atoms with E-state index < -0.39 is 17.8 Å². The molecule has 1 aromatic carbocycles. The van der Waals surface area contributed by atoms with Gasteiger partial charge in [0, 0.05) is 6.04 Å². The lowest BCUT2D eigenvalue weighted by atomic mass is 9.84. The molecule has 2 fully saturated rings. The molecule has 0 aromatic heterocycles. The van der Waals surface area contributed by atoms with Crippen molar-refractivity contribution in [2.45, 2.75) is 44.2 Å². The molecule has 1 aromatic rings. The fraction of sp³-hybridized carbons (Fsp3) is 0.500. The van der Waals surface area contributed by atoms with Crippen LogP contribution in [0.4, 0.5) is 10.1 Å². The first-order valence-corrected chi connectivity index (χ1v) is 7.39. The molecule has 4 nitrogen and oxygen atoms in total. The summed E-state index contributed by atoms with van der Waals surface area (Å²) in [6, 6.07) is 6.25. The molecule has 0 radical (unpaired) electrons. The van der Waals surface area contributed by atoms with Crippen LogP contribution < -0.4 is 10.6 Å². The van der Waals surface area contributed by atoms with Crippen molar-refractivity contribution >= 4 is 11.6 Å². The Kier molecular flexibility index (Phi) is 3.54. The standard InChI is InChI=1S/C16H18FN3O/c17-12-5-3-7-14(11(12)9-18)20-13-6-2-1-4-10(13)8-15(20)16(19)21/h3,5,7,10,13,15H,1-2,4,6,8H2,(H2,19,21)/t10-,13+,15+/m1/s1.